The maximum atomic E-state index is 13.4. The summed E-state index contributed by atoms with van der Waals surface area (Å²) in [6.45, 7) is 4.83. The summed E-state index contributed by atoms with van der Waals surface area (Å²) in [5.74, 6) is -1.55. The molecule has 10 heteroatoms. The van der Waals surface area contributed by atoms with Crippen LogP contribution >= 0.6 is 0 Å². The normalized spacial score (nSPS) is 34.5. The molecular formula is C23H34N4O6. The van der Waals surface area contributed by atoms with E-state index in [9.17, 15) is 24.0 Å². The molecule has 5 atom stereocenters. The first-order chi connectivity index (χ1) is 15.8. The van der Waals surface area contributed by atoms with Crippen LogP contribution in [-0.4, -0.2) is 94.7 Å². The minimum Gasteiger partial charge on any atom is -0.464 e. The molecule has 182 valence electrons. The molecule has 33 heavy (non-hydrogen) atoms. The molecule has 0 aromatic rings. The molecule has 4 unspecified atom stereocenters. The molecule has 0 saturated carbocycles. The van der Waals surface area contributed by atoms with Crippen LogP contribution in [0.25, 0.3) is 0 Å². The van der Waals surface area contributed by atoms with Gasteiger partial charge in [-0.3, -0.25) is 19.2 Å². The van der Waals surface area contributed by atoms with Gasteiger partial charge in [0.05, 0.1) is 6.42 Å². The van der Waals surface area contributed by atoms with Crippen LogP contribution in [0, 0.1) is 5.92 Å². The Balaban J connectivity index is 1.61. The van der Waals surface area contributed by atoms with Crippen LogP contribution in [0.15, 0.2) is 0 Å². The molecule has 0 aliphatic carbocycles. The Bertz CT molecular complexity index is 832. The number of nitrogens with one attached hydrogen (secondary N) is 1. The number of esters is 1. The predicted octanol–water partition coefficient (Wildman–Crippen LogP) is 0.0471. The van der Waals surface area contributed by atoms with Crippen LogP contribution in [0.2, 0.25) is 0 Å². The van der Waals surface area contributed by atoms with E-state index in [1.807, 2.05) is 6.92 Å². The molecule has 10 nitrogen and oxygen atoms in total. The van der Waals surface area contributed by atoms with Crippen molar-refractivity contribution in [3.05, 3.63) is 0 Å². The summed E-state index contributed by atoms with van der Waals surface area (Å²) in [6, 6.07) is -2.80. The minimum absolute atomic E-state index is 0.00788. The standard InChI is InChI=1S/C23H34N4O6/c1-14-12-18-23(32)33-11-8-19(28)25-10-5-7-17(25)22(31)26-9-4-3-6-16(26)20(29)24-15(2)21(30)27(18)13-14/h14-18H,3-13H2,1-2H3,(H,24,29)/t14-,15?,16?,17?,18?/m1/s1. The van der Waals surface area contributed by atoms with Crippen molar-refractivity contribution in [3.63, 3.8) is 0 Å². The van der Waals surface area contributed by atoms with Crippen molar-refractivity contribution in [1.29, 1.82) is 0 Å². The van der Waals surface area contributed by atoms with E-state index in [-0.39, 0.29) is 42.6 Å². The second kappa shape index (κ2) is 9.69. The average Bonchev–Trinajstić information content (AvgIpc) is 3.44. The molecule has 1 N–H and O–H groups in total. The SMILES string of the molecule is CC1NC(=O)C2CCCCN2C(=O)C2CCCN2C(=O)CCOC(=O)C2C[C@@H](C)CN2C1=O. The van der Waals surface area contributed by atoms with Gasteiger partial charge in [-0.2, -0.15) is 0 Å². The number of ether oxygens (including phenoxy) is 1. The summed E-state index contributed by atoms with van der Waals surface area (Å²) in [5, 5.41) is 2.79. The molecule has 4 heterocycles. The average molecular weight is 463 g/mol. The van der Waals surface area contributed by atoms with E-state index >= 15 is 0 Å². The molecule has 0 aromatic heterocycles. The van der Waals surface area contributed by atoms with Gasteiger partial charge in [-0.15, -0.1) is 0 Å². The number of carbonyl (C=O) groups is 5. The Hall–Kier alpha value is -2.65. The highest BCUT2D eigenvalue weighted by Gasteiger charge is 2.44. The molecule has 4 amide bonds. The number of amides is 4. The molecule has 4 rings (SSSR count). The van der Waals surface area contributed by atoms with Crippen LogP contribution < -0.4 is 5.32 Å². The van der Waals surface area contributed by atoms with E-state index in [4.69, 9.17) is 4.74 Å². The van der Waals surface area contributed by atoms with Crippen molar-refractivity contribution in [2.45, 2.75) is 83.0 Å². The Morgan fingerprint density at radius 2 is 1.55 bits per heavy atom. The van der Waals surface area contributed by atoms with Gasteiger partial charge in [0.1, 0.15) is 30.8 Å². The zero-order valence-electron chi connectivity index (χ0n) is 19.5. The number of fused-ring (bicyclic) bond motifs is 3. The van der Waals surface area contributed by atoms with Crippen LogP contribution in [0.3, 0.4) is 0 Å². The Kier molecular flexibility index (Phi) is 6.90. The van der Waals surface area contributed by atoms with Crippen molar-refractivity contribution in [1.82, 2.24) is 20.0 Å². The maximum Gasteiger partial charge on any atom is 0.328 e. The molecule has 0 spiro atoms. The largest absolute Gasteiger partial charge is 0.464 e. The van der Waals surface area contributed by atoms with Crippen LogP contribution in [0.5, 0.6) is 0 Å². The van der Waals surface area contributed by atoms with Gasteiger partial charge < -0.3 is 24.8 Å². The van der Waals surface area contributed by atoms with Crippen molar-refractivity contribution in [2.75, 3.05) is 26.2 Å². The van der Waals surface area contributed by atoms with Crippen molar-refractivity contribution in [2.24, 2.45) is 5.92 Å². The van der Waals surface area contributed by atoms with E-state index in [1.165, 1.54) is 4.90 Å². The zero-order valence-corrected chi connectivity index (χ0v) is 19.5. The van der Waals surface area contributed by atoms with E-state index in [2.05, 4.69) is 5.32 Å². The molecule has 0 radical (unpaired) electrons. The van der Waals surface area contributed by atoms with Crippen LogP contribution in [-0.2, 0) is 28.7 Å². The van der Waals surface area contributed by atoms with Gasteiger partial charge in [0, 0.05) is 19.6 Å². The molecule has 4 aliphatic rings. The zero-order chi connectivity index (χ0) is 23.7. The van der Waals surface area contributed by atoms with E-state index in [1.54, 1.807) is 16.7 Å². The smallest absolute Gasteiger partial charge is 0.328 e. The Labute approximate surface area is 193 Å². The van der Waals surface area contributed by atoms with E-state index < -0.39 is 30.1 Å². The van der Waals surface area contributed by atoms with Gasteiger partial charge in [-0.25, -0.2) is 4.79 Å². The number of rotatable bonds is 0. The molecular weight excluding hydrogens is 428 g/mol. The van der Waals surface area contributed by atoms with Gasteiger partial charge in [-0.1, -0.05) is 6.92 Å². The first-order valence-corrected chi connectivity index (χ1v) is 12.2. The quantitative estimate of drug-likeness (QED) is 0.509. The molecule has 4 aliphatic heterocycles. The second-order valence-electron chi connectivity index (χ2n) is 9.78. The summed E-state index contributed by atoms with van der Waals surface area (Å²) in [6.07, 6.45) is 3.88. The highest BCUT2D eigenvalue weighted by molar-refractivity contribution is 5.95. The first-order valence-electron chi connectivity index (χ1n) is 12.2. The fourth-order valence-corrected chi connectivity index (χ4v) is 5.59. The van der Waals surface area contributed by atoms with Crippen LogP contribution in [0.1, 0.15) is 58.8 Å². The van der Waals surface area contributed by atoms with Gasteiger partial charge in [-0.05, 0) is 51.4 Å². The van der Waals surface area contributed by atoms with Gasteiger partial charge >= 0.3 is 5.97 Å². The fourth-order valence-electron chi connectivity index (χ4n) is 5.59. The Morgan fingerprint density at radius 3 is 2.33 bits per heavy atom. The van der Waals surface area contributed by atoms with Gasteiger partial charge in [0.15, 0.2) is 0 Å². The number of cyclic esters (lactones) is 1. The van der Waals surface area contributed by atoms with E-state index in [0.717, 1.165) is 12.8 Å². The van der Waals surface area contributed by atoms with Crippen molar-refractivity contribution < 1.29 is 28.7 Å². The molecule has 0 aromatic carbocycles. The summed E-state index contributed by atoms with van der Waals surface area (Å²) in [4.78, 5) is 70.0. The molecule has 4 saturated heterocycles. The second-order valence-corrected chi connectivity index (χ2v) is 9.78. The third kappa shape index (κ3) is 4.70. The lowest BCUT2D eigenvalue weighted by Crippen LogP contribution is -2.59. The highest BCUT2D eigenvalue weighted by Crippen LogP contribution is 2.27. The summed E-state index contributed by atoms with van der Waals surface area (Å²) in [5.41, 5.74) is 0. The molecule has 0 bridgehead atoms. The fraction of sp³-hybridized carbons (Fsp3) is 0.783. The number of nitrogens with zero attached hydrogens (tertiary/aromatic N) is 3. The predicted molar refractivity (Wildman–Crippen MR) is 117 cm³/mol. The van der Waals surface area contributed by atoms with Gasteiger partial charge in [0.25, 0.3) is 0 Å². The minimum atomic E-state index is -0.825. The molecule has 4 fully saturated rings. The number of piperidine rings is 1. The lowest BCUT2D eigenvalue weighted by atomic mass is 9.99. The van der Waals surface area contributed by atoms with Gasteiger partial charge in [0.2, 0.25) is 23.6 Å². The van der Waals surface area contributed by atoms with Crippen molar-refractivity contribution in [3.8, 4) is 0 Å². The highest BCUT2D eigenvalue weighted by atomic mass is 16.5. The Morgan fingerprint density at radius 1 is 0.818 bits per heavy atom. The lowest BCUT2D eigenvalue weighted by molar-refractivity contribution is -0.156. The summed E-state index contributed by atoms with van der Waals surface area (Å²) in [7, 11) is 0. The third-order valence-electron chi connectivity index (χ3n) is 7.30. The lowest BCUT2D eigenvalue weighted by Gasteiger charge is -2.38. The number of hydrogen-bond acceptors (Lipinski definition) is 6. The topological polar surface area (TPSA) is 116 Å². The number of carbonyl (C=O) groups excluding carboxylic acids is 5. The maximum absolute atomic E-state index is 13.4. The summed E-state index contributed by atoms with van der Waals surface area (Å²) >= 11 is 0. The monoisotopic (exact) mass is 462 g/mol. The number of hydrogen-bond donors (Lipinski definition) is 1. The van der Waals surface area contributed by atoms with Crippen molar-refractivity contribution >= 4 is 29.6 Å². The third-order valence-corrected chi connectivity index (χ3v) is 7.30. The first kappa shape index (κ1) is 23.5. The summed E-state index contributed by atoms with van der Waals surface area (Å²) < 4.78 is 5.38. The van der Waals surface area contributed by atoms with Crippen LogP contribution in [0.4, 0.5) is 0 Å². The van der Waals surface area contributed by atoms with E-state index in [0.29, 0.717) is 45.3 Å².